The van der Waals surface area contributed by atoms with E-state index in [-0.39, 0.29) is 17.8 Å². The number of aryl methyl sites for hydroxylation is 2. The van der Waals surface area contributed by atoms with Crippen molar-refractivity contribution in [2.24, 2.45) is 13.0 Å². The van der Waals surface area contributed by atoms with Crippen LogP contribution in [0.5, 0.6) is 0 Å². The summed E-state index contributed by atoms with van der Waals surface area (Å²) in [6.07, 6.45) is 1.76. The van der Waals surface area contributed by atoms with Crippen molar-refractivity contribution in [1.29, 1.82) is 0 Å². The fourth-order valence-electron chi connectivity index (χ4n) is 2.57. The van der Waals surface area contributed by atoms with Crippen LogP contribution in [0.15, 0.2) is 30.5 Å². The first-order chi connectivity index (χ1) is 10.9. The van der Waals surface area contributed by atoms with Crippen LogP contribution in [0.3, 0.4) is 0 Å². The van der Waals surface area contributed by atoms with Gasteiger partial charge in [-0.15, -0.1) is 0 Å². The number of carbonyl (C=O) groups is 1. The molecule has 1 heterocycles. The smallest absolute Gasteiger partial charge is 0.319 e. The number of amides is 2. The molecule has 0 aliphatic heterocycles. The Balaban J connectivity index is 1.98. The van der Waals surface area contributed by atoms with Crippen molar-refractivity contribution in [3.05, 3.63) is 47.5 Å². The molecule has 0 bridgehead atoms. The molecule has 0 fully saturated rings. The molecule has 0 saturated heterocycles. The summed E-state index contributed by atoms with van der Waals surface area (Å²) in [5.41, 5.74) is 2.37. The van der Waals surface area contributed by atoms with E-state index in [2.05, 4.69) is 29.6 Å². The Morgan fingerprint density at radius 1 is 1.35 bits per heavy atom. The Labute approximate surface area is 135 Å². The molecular formula is C17H23FN4O. The highest BCUT2D eigenvalue weighted by atomic mass is 19.1. The lowest BCUT2D eigenvalue weighted by Crippen LogP contribution is -2.34. The number of benzene rings is 1. The number of hydrogen-bond donors (Lipinski definition) is 2. The van der Waals surface area contributed by atoms with Gasteiger partial charge in [-0.2, -0.15) is 5.10 Å². The summed E-state index contributed by atoms with van der Waals surface area (Å²) in [7, 11) is 1.90. The summed E-state index contributed by atoms with van der Waals surface area (Å²) in [4.78, 5) is 12.1. The number of halogens is 1. The molecule has 2 aromatic rings. The first-order valence-corrected chi connectivity index (χ1v) is 7.67. The number of anilines is 1. The van der Waals surface area contributed by atoms with Gasteiger partial charge in [-0.05, 0) is 42.7 Å². The number of urea groups is 1. The van der Waals surface area contributed by atoms with E-state index in [4.69, 9.17) is 0 Å². The minimum absolute atomic E-state index is 0.169. The molecule has 1 aromatic carbocycles. The Kier molecular flexibility index (Phi) is 5.36. The van der Waals surface area contributed by atoms with E-state index in [1.165, 1.54) is 12.1 Å². The number of nitrogens with zero attached hydrogens (tertiary/aromatic N) is 2. The first kappa shape index (κ1) is 17.0. The highest BCUT2D eigenvalue weighted by Crippen LogP contribution is 2.23. The zero-order valence-corrected chi connectivity index (χ0v) is 13.9. The van der Waals surface area contributed by atoms with Gasteiger partial charge >= 0.3 is 6.03 Å². The summed E-state index contributed by atoms with van der Waals surface area (Å²) in [6, 6.07) is 5.95. The van der Waals surface area contributed by atoms with E-state index in [9.17, 15) is 9.18 Å². The topological polar surface area (TPSA) is 59.0 Å². The van der Waals surface area contributed by atoms with Crippen molar-refractivity contribution in [1.82, 2.24) is 15.1 Å². The second-order valence-electron chi connectivity index (χ2n) is 6.02. The van der Waals surface area contributed by atoms with Crippen LogP contribution in [0.2, 0.25) is 0 Å². The fourth-order valence-corrected chi connectivity index (χ4v) is 2.57. The summed E-state index contributed by atoms with van der Waals surface area (Å²) in [6.45, 7) is 6.48. The zero-order chi connectivity index (χ0) is 17.0. The van der Waals surface area contributed by atoms with Crippen molar-refractivity contribution in [3.63, 3.8) is 0 Å². The molecule has 0 saturated carbocycles. The van der Waals surface area contributed by atoms with Gasteiger partial charge in [-0.25, -0.2) is 9.18 Å². The largest absolute Gasteiger partial charge is 0.337 e. The van der Waals surface area contributed by atoms with Gasteiger partial charge in [0.2, 0.25) is 0 Å². The minimum atomic E-state index is -0.315. The average Bonchev–Trinajstić information content (AvgIpc) is 2.88. The van der Waals surface area contributed by atoms with Gasteiger partial charge in [0.1, 0.15) is 5.82 Å². The van der Waals surface area contributed by atoms with E-state index in [0.29, 0.717) is 23.7 Å². The van der Waals surface area contributed by atoms with Crippen molar-refractivity contribution < 1.29 is 9.18 Å². The normalized spacial score (nSPS) is 12.3. The lowest BCUT2D eigenvalue weighted by atomic mass is 9.92. The molecule has 2 rings (SSSR count). The molecule has 2 N–H and O–H groups in total. The van der Waals surface area contributed by atoms with Gasteiger partial charge < -0.3 is 10.6 Å². The molecule has 2 amide bonds. The Morgan fingerprint density at radius 2 is 2.09 bits per heavy atom. The van der Waals surface area contributed by atoms with Crippen molar-refractivity contribution in [3.8, 4) is 0 Å². The third-order valence-electron chi connectivity index (χ3n) is 3.96. The molecule has 23 heavy (non-hydrogen) atoms. The summed E-state index contributed by atoms with van der Waals surface area (Å²) >= 11 is 0. The quantitative estimate of drug-likeness (QED) is 0.887. The maximum Gasteiger partial charge on any atom is 0.319 e. The van der Waals surface area contributed by atoms with Crippen LogP contribution in [-0.2, 0) is 7.05 Å². The summed E-state index contributed by atoms with van der Waals surface area (Å²) in [5, 5.41) is 9.82. The van der Waals surface area contributed by atoms with Crippen LogP contribution in [0.4, 0.5) is 14.9 Å². The maximum atomic E-state index is 13.1. The van der Waals surface area contributed by atoms with E-state index < -0.39 is 0 Å². The second kappa shape index (κ2) is 7.26. The van der Waals surface area contributed by atoms with Crippen molar-refractivity contribution in [2.45, 2.75) is 26.7 Å². The molecular weight excluding hydrogens is 295 g/mol. The number of rotatable bonds is 5. The van der Waals surface area contributed by atoms with Gasteiger partial charge in [0, 0.05) is 37.1 Å². The van der Waals surface area contributed by atoms with Crippen LogP contribution < -0.4 is 10.6 Å². The minimum Gasteiger partial charge on any atom is -0.337 e. The predicted octanol–water partition coefficient (Wildman–Crippen LogP) is 3.43. The lowest BCUT2D eigenvalue weighted by molar-refractivity contribution is 0.250. The predicted molar refractivity (Wildman–Crippen MR) is 88.9 cm³/mol. The molecule has 1 atom stereocenters. The third-order valence-corrected chi connectivity index (χ3v) is 3.96. The van der Waals surface area contributed by atoms with Gasteiger partial charge in [0.15, 0.2) is 0 Å². The monoisotopic (exact) mass is 318 g/mol. The van der Waals surface area contributed by atoms with Gasteiger partial charge in [-0.1, -0.05) is 13.8 Å². The Morgan fingerprint density at radius 3 is 2.65 bits per heavy atom. The Hall–Kier alpha value is -2.37. The molecule has 6 heteroatoms. The summed E-state index contributed by atoms with van der Waals surface area (Å²) < 4.78 is 14.9. The van der Waals surface area contributed by atoms with Crippen LogP contribution in [0.25, 0.3) is 0 Å². The van der Waals surface area contributed by atoms with Crippen LogP contribution >= 0.6 is 0 Å². The van der Waals surface area contributed by atoms with Gasteiger partial charge in [0.05, 0.1) is 0 Å². The van der Waals surface area contributed by atoms with Crippen LogP contribution in [0, 0.1) is 18.7 Å². The Bertz CT molecular complexity index is 681. The molecule has 0 aliphatic rings. The SMILES string of the molecule is Cc1cc(F)ccc1NC(=O)NCC(c1ccnn1C)C(C)C. The first-order valence-electron chi connectivity index (χ1n) is 7.67. The molecule has 1 aromatic heterocycles. The van der Waals surface area contributed by atoms with E-state index in [1.807, 2.05) is 17.8 Å². The average molecular weight is 318 g/mol. The molecule has 0 spiro atoms. The van der Waals surface area contributed by atoms with E-state index in [0.717, 1.165) is 5.69 Å². The van der Waals surface area contributed by atoms with Crippen LogP contribution in [0.1, 0.15) is 31.0 Å². The lowest BCUT2D eigenvalue weighted by Gasteiger charge is -2.22. The molecule has 0 aliphatic carbocycles. The van der Waals surface area contributed by atoms with Crippen molar-refractivity contribution in [2.75, 3.05) is 11.9 Å². The standard InChI is InChI=1S/C17H23FN4O/c1-11(2)14(16-7-8-20-22(16)4)10-19-17(23)21-15-6-5-13(18)9-12(15)3/h5-9,11,14H,10H2,1-4H3,(H2,19,21,23). The van der Waals surface area contributed by atoms with E-state index in [1.54, 1.807) is 19.2 Å². The number of aromatic nitrogens is 2. The molecule has 0 radical (unpaired) electrons. The highest BCUT2D eigenvalue weighted by molar-refractivity contribution is 5.90. The number of carbonyl (C=O) groups excluding carboxylic acids is 1. The highest BCUT2D eigenvalue weighted by Gasteiger charge is 2.19. The second-order valence-corrected chi connectivity index (χ2v) is 6.02. The number of nitrogens with one attached hydrogen (secondary N) is 2. The van der Waals surface area contributed by atoms with Crippen molar-refractivity contribution >= 4 is 11.7 Å². The van der Waals surface area contributed by atoms with Gasteiger partial charge in [-0.3, -0.25) is 4.68 Å². The van der Waals surface area contributed by atoms with Crippen LogP contribution in [-0.4, -0.2) is 22.4 Å². The maximum absolute atomic E-state index is 13.1. The zero-order valence-electron chi connectivity index (χ0n) is 13.9. The van der Waals surface area contributed by atoms with Gasteiger partial charge in [0.25, 0.3) is 0 Å². The third kappa shape index (κ3) is 4.31. The molecule has 5 nitrogen and oxygen atoms in total. The molecule has 124 valence electrons. The number of hydrogen-bond acceptors (Lipinski definition) is 2. The fraction of sp³-hybridized carbons (Fsp3) is 0.412. The summed E-state index contributed by atoms with van der Waals surface area (Å²) in [5.74, 6) is 0.213. The molecule has 1 unspecified atom stereocenters. The van der Waals surface area contributed by atoms with E-state index >= 15 is 0 Å².